The molecule has 0 aromatic rings. The van der Waals surface area contributed by atoms with Gasteiger partial charge in [0.15, 0.2) is 0 Å². The number of ether oxygens (including phenoxy) is 1. The number of hydrogen-bond donors (Lipinski definition) is 0. The molecule has 0 saturated heterocycles. The summed E-state index contributed by atoms with van der Waals surface area (Å²) in [4.78, 5) is 0. The Morgan fingerprint density at radius 3 is 2.25 bits per heavy atom. The predicted octanol–water partition coefficient (Wildman–Crippen LogP) is 3.49. The lowest BCUT2D eigenvalue weighted by molar-refractivity contribution is 0.0412. The molecule has 0 heterocycles. The SMILES string of the molecule is CCC(C)COCC(C)(C)CC. The van der Waals surface area contributed by atoms with Crippen molar-refractivity contribution in [1.29, 1.82) is 0 Å². The van der Waals surface area contributed by atoms with Gasteiger partial charge in [-0.15, -0.1) is 0 Å². The van der Waals surface area contributed by atoms with Gasteiger partial charge in [0.2, 0.25) is 0 Å². The van der Waals surface area contributed by atoms with Gasteiger partial charge in [-0.25, -0.2) is 0 Å². The summed E-state index contributed by atoms with van der Waals surface area (Å²) < 4.78 is 5.64. The highest BCUT2D eigenvalue weighted by atomic mass is 16.5. The summed E-state index contributed by atoms with van der Waals surface area (Å²) in [6.45, 7) is 13.0. The molecule has 0 N–H and O–H groups in total. The Hall–Kier alpha value is -0.0400. The Morgan fingerprint density at radius 2 is 1.83 bits per heavy atom. The molecule has 1 nitrogen and oxygen atoms in total. The van der Waals surface area contributed by atoms with Crippen LogP contribution in [0.1, 0.15) is 47.5 Å². The Bertz CT molecular complexity index is 108. The molecule has 0 aliphatic carbocycles. The third-order valence-corrected chi connectivity index (χ3v) is 2.55. The molecule has 0 aliphatic rings. The minimum absolute atomic E-state index is 0.355. The van der Waals surface area contributed by atoms with Crippen LogP contribution in [0.5, 0.6) is 0 Å². The molecule has 0 amide bonds. The van der Waals surface area contributed by atoms with Crippen LogP contribution in [0.15, 0.2) is 0 Å². The monoisotopic (exact) mass is 172 g/mol. The van der Waals surface area contributed by atoms with Gasteiger partial charge in [0.25, 0.3) is 0 Å². The van der Waals surface area contributed by atoms with Crippen LogP contribution in [0.3, 0.4) is 0 Å². The summed E-state index contributed by atoms with van der Waals surface area (Å²) >= 11 is 0. The number of rotatable bonds is 6. The van der Waals surface area contributed by atoms with E-state index in [4.69, 9.17) is 4.74 Å². The fraction of sp³-hybridized carbons (Fsp3) is 1.00. The zero-order valence-corrected chi connectivity index (χ0v) is 9.31. The topological polar surface area (TPSA) is 9.23 Å². The average Bonchev–Trinajstić information content (AvgIpc) is 2.04. The second-order valence-electron chi connectivity index (χ2n) is 4.55. The van der Waals surface area contributed by atoms with Crippen LogP contribution in [-0.4, -0.2) is 13.2 Å². The van der Waals surface area contributed by atoms with Crippen molar-refractivity contribution in [3.8, 4) is 0 Å². The number of hydrogen-bond acceptors (Lipinski definition) is 1. The summed E-state index contributed by atoms with van der Waals surface area (Å²) in [5.74, 6) is 0.706. The summed E-state index contributed by atoms with van der Waals surface area (Å²) in [5, 5.41) is 0. The maximum absolute atomic E-state index is 5.64. The molecule has 0 saturated carbocycles. The van der Waals surface area contributed by atoms with Crippen LogP contribution in [0.25, 0.3) is 0 Å². The molecule has 0 fully saturated rings. The quantitative estimate of drug-likeness (QED) is 0.596. The van der Waals surface area contributed by atoms with Crippen molar-refractivity contribution in [2.24, 2.45) is 11.3 Å². The largest absolute Gasteiger partial charge is 0.381 e. The third kappa shape index (κ3) is 5.59. The van der Waals surface area contributed by atoms with E-state index < -0.39 is 0 Å². The summed E-state index contributed by atoms with van der Waals surface area (Å²) in [6.07, 6.45) is 2.40. The minimum atomic E-state index is 0.355. The van der Waals surface area contributed by atoms with Crippen LogP contribution in [-0.2, 0) is 4.74 Å². The highest BCUT2D eigenvalue weighted by Crippen LogP contribution is 2.20. The Kier molecular flexibility index (Phi) is 5.56. The standard InChI is InChI=1S/C11H24O/c1-6-10(3)8-12-9-11(4,5)7-2/h10H,6-9H2,1-5H3. The maximum Gasteiger partial charge on any atom is 0.0517 e. The van der Waals surface area contributed by atoms with Crippen LogP contribution in [0, 0.1) is 11.3 Å². The molecule has 0 aliphatic heterocycles. The third-order valence-electron chi connectivity index (χ3n) is 2.55. The van der Waals surface area contributed by atoms with Crippen molar-refractivity contribution in [3.63, 3.8) is 0 Å². The van der Waals surface area contributed by atoms with Crippen molar-refractivity contribution < 1.29 is 4.74 Å². The lowest BCUT2D eigenvalue weighted by Crippen LogP contribution is -2.20. The summed E-state index contributed by atoms with van der Waals surface area (Å²) in [6, 6.07) is 0. The van der Waals surface area contributed by atoms with Gasteiger partial charge in [-0.05, 0) is 17.8 Å². The zero-order valence-electron chi connectivity index (χ0n) is 9.31. The van der Waals surface area contributed by atoms with Crippen LogP contribution >= 0.6 is 0 Å². The highest BCUT2D eigenvalue weighted by molar-refractivity contribution is 4.64. The molecule has 1 atom stereocenters. The lowest BCUT2D eigenvalue weighted by Gasteiger charge is -2.23. The Balaban J connectivity index is 3.42. The predicted molar refractivity (Wildman–Crippen MR) is 54.3 cm³/mol. The van der Waals surface area contributed by atoms with Crippen molar-refractivity contribution >= 4 is 0 Å². The van der Waals surface area contributed by atoms with Gasteiger partial charge in [-0.3, -0.25) is 0 Å². The molecule has 12 heavy (non-hydrogen) atoms. The van der Waals surface area contributed by atoms with Gasteiger partial charge >= 0.3 is 0 Å². The van der Waals surface area contributed by atoms with E-state index in [9.17, 15) is 0 Å². The molecule has 0 radical (unpaired) electrons. The fourth-order valence-corrected chi connectivity index (χ4v) is 0.756. The molecule has 1 unspecified atom stereocenters. The highest BCUT2D eigenvalue weighted by Gasteiger charge is 2.15. The maximum atomic E-state index is 5.64. The van der Waals surface area contributed by atoms with Crippen molar-refractivity contribution in [2.75, 3.05) is 13.2 Å². The smallest absolute Gasteiger partial charge is 0.0517 e. The molecular weight excluding hydrogens is 148 g/mol. The van der Waals surface area contributed by atoms with Gasteiger partial charge in [0.05, 0.1) is 6.61 Å². The molecule has 0 aromatic carbocycles. The summed E-state index contributed by atoms with van der Waals surface area (Å²) in [5.41, 5.74) is 0.355. The first-order valence-electron chi connectivity index (χ1n) is 5.09. The van der Waals surface area contributed by atoms with E-state index >= 15 is 0 Å². The van der Waals surface area contributed by atoms with E-state index in [-0.39, 0.29) is 0 Å². The minimum Gasteiger partial charge on any atom is -0.381 e. The molecule has 0 aromatic heterocycles. The van der Waals surface area contributed by atoms with Gasteiger partial charge in [-0.1, -0.05) is 41.0 Å². The van der Waals surface area contributed by atoms with E-state index in [1.165, 1.54) is 12.8 Å². The van der Waals surface area contributed by atoms with Gasteiger partial charge in [0.1, 0.15) is 0 Å². The van der Waals surface area contributed by atoms with Gasteiger partial charge in [0, 0.05) is 6.61 Å². The van der Waals surface area contributed by atoms with Gasteiger partial charge in [-0.2, -0.15) is 0 Å². The van der Waals surface area contributed by atoms with E-state index in [0.29, 0.717) is 11.3 Å². The fourth-order valence-electron chi connectivity index (χ4n) is 0.756. The van der Waals surface area contributed by atoms with Crippen molar-refractivity contribution in [3.05, 3.63) is 0 Å². The van der Waals surface area contributed by atoms with E-state index in [1.807, 2.05) is 0 Å². The van der Waals surface area contributed by atoms with Crippen LogP contribution in [0.4, 0.5) is 0 Å². The van der Waals surface area contributed by atoms with Crippen molar-refractivity contribution in [2.45, 2.75) is 47.5 Å². The molecule has 0 spiro atoms. The molecule has 74 valence electrons. The van der Waals surface area contributed by atoms with E-state index in [2.05, 4.69) is 34.6 Å². The normalized spacial score (nSPS) is 14.8. The average molecular weight is 172 g/mol. The first kappa shape index (κ1) is 12.0. The van der Waals surface area contributed by atoms with E-state index in [0.717, 1.165) is 13.2 Å². The Labute approximate surface area is 77.5 Å². The van der Waals surface area contributed by atoms with Crippen molar-refractivity contribution in [1.82, 2.24) is 0 Å². The van der Waals surface area contributed by atoms with Gasteiger partial charge < -0.3 is 4.74 Å². The lowest BCUT2D eigenvalue weighted by atomic mass is 9.92. The van der Waals surface area contributed by atoms with Crippen LogP contribution in [0.2, 0.25) is 0 Å². The second kappa shape index (κ2) is 5.58. The van der Waals surface area contributed by atoms with Crippen LogP contribution < -0.4 is 0 Å². The zero-order chi connectivity index (χ0) is 9.61. The van der Waals surface area contributed by atoms with E-state index in [1.54, 1.807) is 0 Å². The first-order chi connectivity index (χ1) is 5.52. The molecular formula is C11H24O. The molecule has 0 rings (SSSR count). The molecule has 1 heteroatoms. The molecule has 0 bridgehead atoms. The second-order valence-corrected chi connectivity index (χ2v) is 4.55. The summed E-state index contributed by atoms with van der Waals surface area (Å²) in [7, 11) is 0. The first-order valence-corrected chi connectivity index (χ1v) is 5.09. The Morgan fingerprint density at radius 1 is 1.25 bits per heavy atom.